The molecule has 0 saturated heterocycles. The lowest BCUT2D eigenvalue weighted by Crippen LogP contribution is -2.49. The van der Waals surface area contributed by atoms with Crippen molar-refractivity contribution >= 4 is 0 Å². The fourth-order valence-electron chi connectivity index (χ4n) is 2.72. The van der Waals surface area contributed by atoms with Gasteiger partial charge in [0.25, 0.3) is 0 Å². The molecule has 1 aliphatic rings. The smallest absolute Gasteiger partial charge is 0.0280 e. The van der Waals surface area contributed by atoms with Crippen molar-refractivity contribution in [3.63, 3.8) is 0 Å². The standard InChI is InChI=1S/C14H28N2/c1-6-15-13-10-12(9-8-11(13)3)14(4,5)16-7-2/h8,12-13,15-16H,6-7,9-10H2,1-5H3/t12-,13+/m0/s1. The molecule has 2 N–H and O–H groups in total. The summed E-state index contributed by atoms with van der Waals surface area (Å²) in [6.07, 6.45) is 4.89. The summed E-state index contributed by atoms with van der Waals surface area (Å²) in [7, 11) is 0. The van der Waals surface area contributed by atoms with Crippen molar-refractivity contribution in [2.75, 3.05) is 13.1 Å². The summed E-state index contributed by atoms with van der Waals surface area (Å²) in [4.78, 5) is 0. The minimum Gasteiger partial charge on any atom is -0.312 e. The first kappa shape index (κ1) is 13.7. The molecule has 0 amide bonds. The van der Waals surface area contributed by atoms with Crippen LogP contribution in [0.1, 0.15) is 47.5 Å². The van der Waals surface area contributed by atoms with Crippen LogP contribution in [0.2, 0.25) is 0 Å². The molecule has 2 nitrogen and oxygen atoms in total. The first-order valence-corrected chi connectivity index (χ1v) is 6.66. The van der Waals surface area contributed by atoms with E-state index in [0.29, 0.717) is 6.04 Å². The first-order chi connectivity index (χ1) is 7.51. The summed E-state index contributed by atoms with van der Waals surface area (Å²) in [6.45, 7) is 13.4. The molecule has 94 valence electrons. The van der Waals surface area contributed by atoms with E-state index in [1.165, 1.54) is 18.4 Å². The van der Waals surface area contributed by atoms with Gasteiger partial charge in [-0.3, -0.25) is 0 Å². The number of hydrogen-bond acceptors (Lipinski definition) is 2. The molecule has 1 rings (SSSR count). The lowest BCUT2D eigenvalue weighted by molar-refractivity contribution is 0.221. The van der Waals surface area contributed by atoms with Crippen LogP contribution < -0.4 is 10.6 Å². The first-order valence-electron chi connectivity index (χ1n) is 6.66. The lowest BCUT2D eigenvalue weighted by atomic mass is 9.75. The van der Waals surface area contributed by atoms with Crippen molar-refractivity contribution in [3.05, 3.63) is 11.6 Å². The molecule has 0 unspecified atom stereocenters. The van der Waals surface area contributed by atoms with Crippen LogP contribution in [0, 0.1) is 5.92 Å². The highest BCUT2D eigenvalue weighted by molar-refractivity contribution is 5.14. The third-order valence-electron chi connectivity index (χ3n) is 3.90. The van der Waals surface area contributed by atoms with Gasteiger partial charge in [-0.2, -0.15) is 0 Å². The summed E-state index contributed by atoms with van der Waals surface area (Å²) >= 11 is 0. The number of nitrogens with one attached hydrogen (secondary N) is 2. The normalized spacial score (nSPS) is 26.7. The molecular weight excluding hydrogens is 196 g/mol. The Labute approximate surface area is 101 Å². The van der Waals surface area contributed by atoms with Gasteiger partial charge in [-0.05, 0) is 52.6 Å². The topological polar surface area (TPSA) is 24.1 Å². The third-order valence-corrected chi connectivity index (χ3v) is 3.90. The molecular formula is C14H28N2. The second-order valence-electron chi connectivity index (χ2n) is 5.48. The van der Waals surface area contributed by atoms with Crippen LogP contribution in [-0.2, 0) is 0 Å². The van der Waals surface area contributed by atoms with Gasteiger partial charge < -0.3 is 10.6 Å². The molecule has 0 aromatic rings. The van der Waals surface area contributed by atoms with Crippen molar-refractivity contribution in [1.29, 1.82) is 0 Å². The summed E-state index contributed by atoms with van der Waals surface area (Å²) < 4.78 is 0. The second kappa shape index (κ2) is 5.83. The largest absolute Gasteiger partial charge is 0.312 e. The molecule has 0 saturated carbocycles. The fourth-order valence-corrected chi connectivity index (χ4v) is 2.72. The van der Waals surface area contributed by atoms with Gasteiger partial charge in [0, 0.05) is 11.6 Å². The minimum absolute atomic E-state index is 0.250. The Morgan fingerprint density at radius 3 is 2.56 bits per heavy atom. The number of likely N-dealkylation sites (N-methyl/N-ethyl adjacent to an activating group) is 1. The Morgan fingerprint density at radius 1 is 1.31 bits per heavy atom. The van der Waals surface area contributed by atoms with Crippen molar-refractivity contribution in [1.82, 2.24) is 10.6 Å². The highest BCUT2D eigenvalue weighted by Crippen LogP contribution is 2.31. The van der Waals surface area contributed by atoms with E-state index in [4.69, 9.17) is 0 Å². The molecule has 2 atom stereocenters. The van der Waals surface area contributed by atoms with Crippen LogP contribution in [0.25, 0.3) is 0 Å². The molecule has 0 bridgehead atoms. The zero-order chi connectivity index (χ0) is 12.2. The molecule has 1 aliphatic carbocycles. The Morgan fingerprint density at radius 2 is 2.00 bits per heavy atom. The predicted octanol–water partition coefficient (Wildman–Crippen LogP) is 2.71. The van der Waals surface area contributed by atoms with E-state index in [0.717, 1.165) is 19.0 Å². The van der Waals surface area contributed by atoms with E-state index in [1.807, 2.05) is 0 Å². The number of allylic oxidation sites excluding steroid dienone is 1. The van der Waals surface area contributed by atoms with Gasteiger partial charge in [-0.15, -0.1) is 0 Å². The summed E-state index contributed by atoms with van der Waals surface area (Å²) in [5.74, 6) is 0.736. The van der Waals surface area contributed by atoms with Crippen LogP contribution in [-0.4, -0.2) is 24.7 Å². The van der Waals surface area contributed by atoms with Gasteiger partial charge in [0.15, 0.2) is 0 Å². The molecule has 0 heterocycles. The minimum atomic E-state index is 0.250. The maximum atomic E-state index is 3.61. The van der Waals surface area contributed by atoms with Crippen LogP contribution in [0.4, 0.5) is 0 Å². The van der Waals surface area contributed by atoms with Crippen molar-refractivity contribution in [3.8, 4) is 0 Å². The van der Waals surface area contributed by atoms with Crippen LogP contribution in [0.15, 0.2) is 11.6 Å². The molecule has 0 aliphatic heterocycles. The molecule has 0 fully saturated rings. The van der Waals surface area contributed by atoms with Gasteiger partial charge >= 0.3 is 0 Å². The monoisotopic (exact) mass is 224 g/mol. The molecule has 0 spiro atoms. The van der Waals surface area contributed by atoms with E-state index in [-0.39, 0.29) is 5.54 Å². The summed E-state index contributed by atoms with van der Waals surface area (Å²) in [6, 6.07) is 0.585. The van der Waals surface area contributed by atoms with Crippen LogP contribution in [0.5, 0.6) is 0 Å². The van der Waals surface area contributed by atoms with Crippen LogP contribution >= 0.6 is 0 Å². The Balaban J connectivity index is 2.65. The third kappa shape index (κ3) is 3.33. The highest BCUT2D eigenvalue weighted by atomic mass is 15.0. The fraction of sp³-hybridized carbons (Fsp3) is 0.857. The average molecular weight is 224 g/mol. The van der Waals surface area contributed by atoms with E-state index in [1.54, 1.807) is 0 Å². The van der Waals surface area contributed by atoms with E-state index >= 15 is 0 Å². The van der Waals surface area contributed by atoms with Gasteiger partial charge in [0.05, 0.1) is 0 Å². The van der Waals surface area contributed by atoms with Gasteiger partial charge in [0.1, 0.15) is 0 Å². The molecule has 0 aromatic carbocycles. The number of hydrogen-bond donors (Lipinski definition) is 2. The Kier molecular flexibility index (Phi) is 5.00. The second-order valence-corrected chi connectivity index (χ2v) is 5.48. The highest BCUT2D eigenvalue weighted by Gasteiger charge is 2.32. The van der Waals surface area contributed by atoms with E-state index in [2.05, 4.69) is 51.3 Å². The maximum Gasteiger partial charge on any atom is 0.0280 e. The molecule has 0 aromatic heterocycles. The Bertz CT molecular complexity index is 243. The quantitative estimate of drug-likeness (QED) is 0.702. The van der Waals surface area contributed by atoms with E-state index < -0.39 is 0 Å². The molecule has 16 heavy (non-hydrogen) atoms. The zero-order valence-corrected chi connectivity index (χ0v) is 11.6. The van der Waals surface area contributed by atoms with Crippen molar-refractivity contribution in [2.24, 2.45) is 5.92 Å². The Hall–Kier alpha value is -0.340. The van der Waals surface area contributed by atoms with Crippen LogP contribution in [0.3, 0.4) is 0 Å². The summed E-state index contributed by atoms with van der Waals surface area (Å²) in [5.41, 5.74) is 1.77. The summed E-state index contributed by atoms with van der Waals surface area (Å²) in [5, 5.41) is 7.19. The van der Waals surface area contributed by atoms with Gasteiger partial charge in [-0.25, -0.2) is 0 Å². The van der Waals surface area contributed by atoms with Gasteiger partial charge in [-0.1, -0.05) is 25.5 Å². The van der Waals surface area contributed by atoms with Crippen molar-refractivity contribution < 1.29 is 0 Å². The number of rotatable bonds is 5. The van der Waals surface area contributed by atoms with Crippen molar-refractivity contribution in [2.45, 2.75) is 59.0 Å². The zero-order valence-electron chi connectivity index (χ0n) is 11.6. The average Bonchev–Trinajstić information content (AvgIpc) is 2.21. The molecule has 2 heteroatoms. The predicted molar refractivity (Wildman–Crippen MR) is 71.7 cm³/mol. The lowest BCUT2D eigenvalue weighted by Gasteiger charge is -2.40. The van der Waals surface area contributed by atoms with Gasteiger partial charge in [0.2, 0.25) is 0 Å². The van der Waals surface area contributed by atoms with E-state index in [9.17, 15) is 0 Å². The SMILES string of the molecule is CCN[C@@H]1C[C@@H](C(C)(C)NCC)CC=C1C. The molecule has 0 radical (unpaired) electrons. The maximum absolute atomic E-state index is 3.61.